The molecule has 6 aromatic carbocycles. The first-order valence-electron chi connectivity index (χ1n) is 27.1. The minimum Gasteiger partial charge on any atom is -1.00 e. The molecule has 3 heterocycles. The molecule has 0 saturated carbocycles. The predicted octanol–water partition coefficient (Wildman–Crippen LogP) is 8.27. The van der Waals surface area contributed by atoms with Gasteiger partial charge in [-0.25, -0.2) is 36.7 Å². The summed E-state index contributed by atoms with van der Waals surface area (Å²) in [4.78, 5) is 76.0. The quantitative estimate of drug-likeness (QED) is 0.00741. The van der Waals surface area contributed by atoms with Gasteiger partial charge in [-0.3, -0.25) is 59.7 Å². The van der Waals surface area contributed by atoms with Crippen molar-refractivity contribution in [2.24, 2.45) is 0 Å². The molecule has 0 aliphatic heterocycles. The molecule has 0 saturated heterocycles. The number of ether oxygens (including phenoxy) is 2. The van der Waals surface area contributed by atoms with Crippen LogP contribution in [0.3, 0.4) is 0 Å². The second kappa shape index (κ2) is 45.6. The number of nitrogens with two attached hydrogens (primary N) is 3. The van der Waals surface area contributed by atoms with Gasteiger partial charge in [0, 0.05) is 81.5 Å². The zero-order valence-electron chi connectivity index (χ0n) is 54.8. The molecule has 0 amide bonds. The number of fused-ring (bicyclic) bond motifs is 1. The van der Waals surface area contributed by atoms with Gasteiger partial charge in [-0.15, -0.1) is 6.07 Å². The number of carbonyl (C=O) groups is 1. The summed E-state index contributed by atoms with van der Waals surface area (Å²) in [6, 6.07) is 20.0. The number of imidazole rings is 3. The number of aliphatic hydroxyl groups is 1. The summed E-state index contributed by atoms with van der Waals surface area (Å²) in [6.45, 7) is 3.85. The fraction of sp³-hybridized carbons (Fsp3) is 0.224. The van der Waals surface area contributed by atoms with E-state index in [4.69, 9.17) is 61.3 Å². The van der Waals surface area contributed by atoms with Crippen molar-refractivity contribution in [3.8, 4) is 11.5 Å². The number of aliphatic hydroxyl groups excluding tert-OH is 1. The van der Waals surface area contributed by atoms with E-state index in [1.165, 1.54) is 20.3 Å². The third kappa shape index (κ3) is 31.2. The van der Waals surface area contributed by atoms with Crippen LogP contribution in [0, 0.1) is 97.4 Å². The number of carboxylic acids is 1. The van der Waals surface area contributed by atoms with Crippen molar-refractivity contribution in [3.63, 3.8) is 0 Å². The van der Waals surface area contributed by atoms with Gasteiger partial charge in [0.1, 0.15) is 35.5 Å². The number of hydrogen-bond donors (Lipinski definition) is 7. The number of nitro benzene ring substituents is 5. The number of nitro groups is 5. The Kier molecular flexibility index (Phi) is 41.5. The van der Waals surface area contributed by atoms with Crippen LogP contribution in [-0.4, -0.2) is 147 Å². The Morgan fingerprint density at radius 1 is 0.657 bits per heavy atom. The summed E-state index contributed by atoms with van der Waals surface area (Å²) < 4.78 is 76.8. The van der Waals surface area contributed by atoms with Gasteiger partial charge < -0.3 is 58.1 Å². The fourth-order valence-electron chi connectivity index (χ4n) is 7.03. The van der Waals surface area contributed by atoms with E-state index in [9.17, 15) is 77.3 Å². The van der Waals surface area contributed by atoms with Gasteiger partial charge in [-0.05, 0) is 112 Å². The maximum Gasteiger partial charge on any atom is 1.00 e. The number of thiocarbonyl (C=S) groups is 1. The summed E-state index contributed by atoms with van der Waals surface area (Å²) in [5.74, 6) is -6.27. The number of halogens is 6. The van der Waals surface area contributed by atoms with E-state index in [0.29, 0.717) is 51.7 Å². The number of aryl methyl sites for hydroxylation is 2. The maximum absolute atomic E-state index is 13.5. The molecule has 1 radical (unpaired) electrons. The van der Waals surface area contributed by atoms with Crippen LogP contribution in [0.15, 0.2) is 122 Å². The second-order valence-electron chi connectivity index (χ2n) is 19.4. The first-order chi connectivity index (χ1) is 45.6. The Morgan fingerprint density at radius 2 is 1.05 bits per heavy atom. The van der Waals surface area contributed by atoms with Gasteiger partial charge in [0.2, 0.25) is 0 Å². The van der Waals surface area contributed by atoms with Crippen molar-refractivity contribution in [2.45, 2.75) is 25.1 Å². The van der Waals surface area contributed by atoms with Crippen LogP contribution < -0.4 is 56.2 Å². The topological polar surface area (TPSA) is 443 Å². The van der Waals surface area contributed by atoms with Gasteiger partial charge in [0.15, 0.2) is 44.7 Å². The summed E-state index contributed by atoms with van der Waals surface area (Å²) in [7, 11) is 10.3. The summed E-state index contributed by atoms with van der Waals surface area (Å²) in [6.07, 6.45) is 11.6. The molecule has 0 atom stereocenters. The normalized spacial score (nSPS) is 9.86. The molecule has 0 aliphatic rings. The Morgan fingerprint density at radius 3 is 1.39 bits per heavy atom. The number of rotatable bonds is 15. The molecule has 9 aromatic rings. The van der Waals surface area contributed by atoms with Crippen molar-refractivity contribution in [1.82, 2.24) is 38.9 Å². The number of nitrogens with zero attached hydrogens (tertiary/aromatic N) is 11. The summed E-state index contributed by atoms with van der Waals surface area (Å²) in [5.41, 5.74) is 16.9. The molecule has 0 aliphatic carbocycles. The van der Waals surface area contributed by atoms with Crippen LogP contribution >= 0.6 is 40.4 Å². The standard InChI is InChI=1S/C11H16FN3O2.C8H7BrO2.C8H8N2O6.C8H7N2S.C7H6N4S.2C6H4F2N2O2.C4H11NO.Na.Y.H/c1-14(2)5-3-4-8-6-10(13)11(15(16)17)7-9(8)12;9-5-6-1-3-7(4-2-6)8(10)11;1-15-7-3-5(9(11)12)6(10(13)14)4-8(7)16-2;1-5-2-3-6-7(4-5)10-8(11)9-6;12-7(10-3-1-8-5-10)11-4-2-9-6-11;2*7-3-1-5(9)6(10(11)12)2-4(3)8;1-5(2)3-4-6;;;/h6-7H,3-5,13H2,1-2H3;1-4H,5H2,(H,10,11);3-4H,1-2H3;3-4H,1H3,(H2,9,10,11);1-6H;2*1-2H,9H2;6H,3-4H2,1-2H3;;;/q;;;-1;;;;;+1;;-1. The number of aromatic nitrogens is 6. The number of aromatic amines is 2. The number of benzene rings is 6. The predicted molar refractivity (Wildman–Crippen MR) is 360 cm³/mol. The third-order valence-electron chi connectivity index (χ3n) is 11.8. The average Bonchev–Trinajstić information content (AvgIpc) is 1.13. The van der Waals surface area contributed by atoms with Crippen molar-refractivity contribution in [2.75, 3.05) is 79.3 Å². The van der Waals surface area contributed by atoms with Gasteiger partial charge >= 0.3 is 46.9 Å². The van der Waals surface area contributed by atoms with Crippen LogP contribution in [0.5, 0.6) is 11.5 Å². The van der Waals surface area contributed by atoms with Crippen LogP contribution in [-0.2, 0) is 44.5 Å². The zero-order chi connectivity index (χ0) is 73.4. The van der Waals surface area contributed by atoms with Crippen LogP contribution in [0.1, 0.15) is 34.9 Å². The summed E-state index contributed by atoms with van der Waals surface area (Å²) in [5, 5.41) is 70.1. The van der Waals surface area contributed by atoms with E-state index in [-0.39, 0.29) is 105 Å². The number of likely N-dealkylation sites (N-methyl/N-ethyl adjacent to an activating group) is 1. The molecular weight excluding hydrogens is 1510 g/mol. The second-order valence-corrected chi connectivity index (χ2v) is 20.8. The number of anilines is 3. The van der Waals surface area contributed by atoms with Gasteiger partial charge in [0.05, 0.1) is 81.3 Å². The van der Waals surface area contributed by atoms with Crippen LogP contribution in [0.2, 0.25) is 0 Å². The molecule has 0 fully saturated rings. The van der Waals surface area contributed by atoms with E-state index in [1.807, 2.05) is 57.0 Å². The van der Waals surface area contributed by atoms with Crippen molar-refractivity contribution in [1.29, 1.82) is 0 Å². The number of nitrogens with one attached hydrogen (secondary N) is 2. The van der Waals surface area contributed by atoms with E-state index in [1.54, 1.807) is 70.8 Å². The first kappa shape index (κ1) is 90.1. The number of alkyl halides is 1. The Balaban J connectivity index is 0. The van der Waals surface area contributed by atoms with Crippen molar-refractivity contribution in [3.05, 3.63) is 235 Å². The number of nitrogen functional groups attached to an aromatic ring is 3. The number of aromatic carboxylic acids is 1. The Hall–Kier alpha value is -8.90. The molecule has 99 heavy (non-hydrogen) atoms. The smallest absolute Gasteiger partial charge is 1.00 e. The molecule has 3 aromatic heterocycles. The molecule has 0 bridgehead atoms. The maximum atomic E-state index is 13.5. The molecule has 31 nitrogen and oxygen atoms in total. The summed E-state index contributed by atoms with van der Waals surface area (Å²) >= 11 is 13.3. The number of methoxy groups -OCH3 is 2. The minimum atomic E-state index is -1.28. The van der Waals surface area contributed by atoms with E-state index >= 15 is 0 Å². The van der Waals surface area contributed by atoms with E-state index < -0.39 is 82.4 Å². The molecule has 9 rings (SSSR count). The van der Waals surface area contributed by atoms with Crippen molar-refractivity contribution >= 4 is 108 Å². The largest absolute Gasteiger partial charge is 1.00 e. The van der Waals surface area contributed by atoms with E-state index in [2.05, 4.69) is 41.9 Å². The number of carboxylic acid groups (broad SMARTS) is 1. The molecule has 10 N–H and O–H groups in total. The molecule has 0 unspecified atom stereocenters. The minimum absolute atomic E-state index is 0. The first-order valence-corrected chi connectivity index (χ1v) is 29.0. The van der Waals surface area contributed by atoms with E-state index in [0.717, 1.165) is 65.2 Å². The molecule has 0 spiro atoms. The third-order valence-corrected chi connectivity index (χ3v) is 13.1. The number of hydrogen-bond acceptors (Lipinski definition) is 23. The van der Waals surface area contributed by atoms with Crippen LogP contribution in [0.4, 0.5) is 67.5 Å². The molecular formula is C58H64BrF5N16NaO15S2Y-. The fourth-order valence-corrected chi connectivity index (χ4v) is 7.84. The van der Waals surface area contributed by atoms with Gasteiger partial charge in [0.25, 0.3) is 17.1 Å². The zero-order valence-corrected chi connectivity index (χ0v) is 61.9. The van der Waals surface area contributed by atoms with Gasteiger partial charge in [-0.1, -0.05) is 35.0 Å². The Labute approximate surface area is 627 Å². The van der Waals surface area contributed by atoms with Crippen molar-refractivity contribution < 1.29 is 135 Å². The SMILES string of the molecule is CN(C)CCCc1cc(N)c([N+](=O)[O-])cc1F.CN(C)CCO.COc1cc([N+](=O)[O-])c([N+](=O)[O-])cc1OC.Cc1[c-]cc2[nH]c(=S)[nH]c2c1.Nc1cc(F)c(F)cc1[N+](=O)[O-].Nc1cc(F)c(F)cc1[N+](=O)[O-].O=C(O)c1ccc(CBr)cc1.S=C(n1ccnc1)n1ccnc1.[H-].[Na+].[Y]. The number of H-pyrrole nitrogens is 2. The monoisotopic (exact) mass is 1570 g/mol. The molecule has 41 heteroatoms. The molecule has 525 valence electrons. The van der Waals surface area contributed by atoms with Crippen LogP contribution in [0.25, 0.3) is 11.0 Å². The average molecular weight is 1580 g/mol. The van der Waals surface area contributed by atoms with Gasteiger partial charge in [-0.2, -0.15) is 17.7 Å². The Bertz CT molecular complexity index is 4060.